The highest BCUT2D eigenvalue weighted by Gasteiger charge is 2.42. The van der Waals surface area contributed by atoms with E-state index in [4.69, 9.17) is 9.47 Å². The molecule has 0 spiro atoms. The first kappa shape index (κ1) is 33.9. The Bertz CT molecular complexity index is 1850. The summed E-state index contributed by atoms with van der Waals surface area (Å²) < 4.78 is 10.2. The summed E-state index contributed by atoms with van der Waals surface area (Å²) >= 11 is 0. The first-order valence-electron chi connectivity index (χ1n) is 18.0. The van der Waals surface area contributed by atoms with Crippen LogP contribution in [0.2, 0.25) is 0 Å². The van der Waals surface area contributed by atoms with Crippen molar-refractivity contribution in [1.82, 2.24) is 9.80 Å². The minimum absolute atomic E-state index is 0.00700. The maximum atomic E-state index is 12.7. The third-order valence-electron chi connectivity index (χ3n) is 11.2. The molecule has 0 radical (unpaired) electrons. The summed E-state index contributed by atoms with van der Waals surface area (Å²) in [4.78, 5) is 42.0. The van der Waals surface area contributed by atoms with Gasteiger partial charge in [0.05, 0.1) is 31.9 Å². The molecule has 258 valence electrons. The Morgan fingerprint density at radius 1 is 0.620 bits per heavy atom. The third kappa shape index (κ3) is 7.03. The van der Waals surface area contributed by atoms with Crippen molar-refractivity contribution in [2.24, 2.45) is 11.8 Å². The fourth-order valence-electron chi connectivity index (χ4n) is 8.45. The second-order valence-electron chi connectivity index (χ2n) is 14.0. The second-order valence-corrected chi connectivity index (χ2v) is 14.0. The summed E-state index contributed by atoms with van der Waals surface area (Å²) in [5.41, 5.74) is 7.34. The van der Waals surface area contributed by atoms with E-state index in [9.17, 15) is 14.4 Å². The van der Waals surface area contributed by atoms with Gasteiger partial charge in [0.1, 0.15) is 5.75 Å². The van der Waals surface area contributed by atoms with Crippen molar-refractivity contribution in [2.75, 3.05) is 40.4 Å². The molecule has 2 atom stereocenters. The molecule has 0 aromatic heterocycles. The number of carbonyl (C=O) groups excluding carboxylic acids is 3. The van der Waals surface area contributed by atoms with E-state index in [0.717, 1.165) is 92.7 Å². The topological polar surface area (TPSA) is 76.1 Å². The number of esters is 1. The Morgan fingerprint density at radius 3 is 1.58 bits per heavy atom. The van der Waals surface area contributed by atoms with Gasteiger partial charge < -0.3 is 9.47 Å². The molecule has 6 fully saturated rings. The highest BCUT2D eigenvalue weighted by atomic mass is 16.5. The molecule has 6 saturated heterocycles. The molecule has 0 saturated carbocycles. The van der Waals surface area contributed by atoms with E-state index in [1.54, 1.807) is 13.2 Å². The minimum atomic E-state index is -0.338. The van der Waals surface area contributed by atoms with Crippen molar-refractivity contribution in [2.45, 2.75) is 50.6 Å². The molecule has 0 N–H and O–H groups in total. The molecule has 7 heteroatoms. The van der Waals surface area contributed by atoms with Gasteiger partial charge in [-0.2, -0.15) is 0 Å². The van der Waals surface area contributed by atoms with Crippen LogP contribution in [0.15, 0.2) is 97.1 Å². The molecule has 6 aliphatic heterocycles. The summed E-state index contributed by atoms with van der Waals surface area (Å²) in [6.45, 7) is 4.20. The smallest absolute Gasteiger partial charge is 0.337 e. The number of methoxy groups -OCH3 is 2. The van der Waals surface area contributed by atoms with Gasteiger partial charge in [-0.1, -0.05) is 72.8 Å². The van der Waals surface area contributed by atoms with E-state index < -0.39 is 0 Å². The number of Topliss-reactive ketones (excluding diaryl/α,β-unsaturated/α-hetero) is 2. The summed E-state index contributed by atoms with van der Waals surface area (Å²) in [5, 5.41) is 0. The number of ether oxygens (including phenoxy) is 2. The van der Waals surface area contributed by atoms with Crippen LogP contribution >= 0.6 is 0 Å². The SMILES string of the molecule is COC(=O)c1cccc(-c2ccccc2CC2C(=O)C3CCN2CC3)c1.COc1cccc(-c2ccccc2CC2C(=O)C3CCN2CC3)c1. The van der Waals surface area contributed by atoms with Gasteiger partial charge in [-0.25, -0.2) is 4.79 Å². The quantitative estimate of drug-likeness (QED) is 0.189. The normalized spacial score (nSPS) is 25.1. The number of piperidine rings is 6. The van der Waals surface area contributed by atoms with Crippen molar-refractivity contribution in [3.05, 3.63) is 114 Å². The lowest BCUT2D eigenvalue weighted by Gasteiger charge is -2.44. The van der Waals surface area contributed by atoms with Gasteiger partial charge in [-0.15, -0.1) is 0 Å². The molecule has 4 aromatic rings. The van der Waals surface area contributed by atoms with Crippen LogP contribution < -0.4 is 4.74 Å². The maximum absolute atomic E-state index is 12.7. The van der Waals surface area contributed by atoms with E-state index in [-0.39, 0.29) is 24.0 Å². The number of ketones is 2. The van der Waals surface area contributed by atoms with E-state index in [2.05, 4.69) is 58.3 Å². The van der Waals surface area contributed by atoms with Gasteiger partial charge in [0.2, 0.25) is 0 Å². The van der Waals surface area contributed by atoms with Crippen molar-refractivity contribution in [1.29, 1.82) is 0 Å². The summed E-state index contributed by atoms with van der Waals surface area (Å²) in [6.07, 6.45) is 5.66. The predicted molar refractivity (Wildman–Crippen MR) is 195 cm³/mol. The molecule has 0 aliphatic carbocycles. The lowest BCUT2D eigenvalue weighted by atomic mass is 9.79. The largest absolute Gasteiger partial charge is 0.497 e. The third-order valence-corrected chi connectivity index (χ3v) is 11.2. The minimum Gasteiger partial charge on any atom is -0.497 e. The summed E-state index contributed by atoms with van der Waals surface area (Å²) in [5.74, 6) is 1.92. The van der Waals surface area contributed by atoms with Gasteiger partial charge in [0, 0.05) is 11.8 Å². The predicted octanol–water partition coefficient (Wildman–Crippen LogP) is 6.91. The van der Waals surface area contributed by atoms with Crippen molar-refractivity contribution in [3.63, 3.8) is 0 Å². The second kappa shape index (κ2) is 15.1. The van der Waals surface area contributed by atoms with E-state index in [1.807, 2.05) is 42.5 Å². The molecule has 4 aromatic carbocycles. The maximum Gasteiger partial charge on any atom is 0.337 e. The molecule has 2 unspecified atom stereocenters. The lowest BCUT2D eigenvalue weighted by Crippen LogP contribution is -2.56. The molecule has 0 amide bonds. The number of nitrogens with zero attached hydrogens (tertiary/aromatic N) is 2. The number of hydrogen-bond donors (Lipinski definition) is 0. The Balaban J connectivity index is 0.000000157. The Kier molecular flexibility index (Phi) is 10.2. The van der Waals surface area contributed by atoms with Gasteiger partial charge in [0.25, 0.3) is 0 Å². The first-order valence-corrected chi connectivity index (χ1v) is 18.0. The number of hydrogen-bond acceptors (Lipinski definition) is 7. The molecule has 50 heavy (non-hydrogen) atoms. The van der Waals surface area contributed by atoms with E-state index >= 15 is 0 Å². The van der Waals surface area contributed by atoms with Crippen LogP contribution in [0.4, 0.5) is 0 Å². The number of carbonyl (C=O) groups is 3. The fourth-order valence-corrected chi connectivity index (χ4v) is 8.45. The zero-order valence-electron chi connectivity index (χ0n) is 29.1. The number of benzene rings is 4. The Hall–Kier alpha value is -4.59. The zero-order valence-corrected chi connectivity index (χ0v) is 29.1. The zero-order chi connectivity index (χ0) is 34.6. The van der Waals surface area contributed by atoms with Gasteiger partial charge in [-0.05, 0) is 122 Å². The molecular weight excluding hydrogens is 624 g/mol. The fraction of sp³-hybridized carbons (Fsp3) is 0.372. The van der Waals surface area contributed by atoms with Crippen LogP contribution in [0.1, 0.15) is 47.2 Å². The Morgan fingerprint density at radius 2 is 1.10 bits per heavy atom. The molecule has 7 nitrogen and oxygen atoms in total. The van der Waals surface area contributed by atoms with Gasteiger partial charge >= 0.3 is 5.97 Å². The monoisotopic (exact) mass is 670 g/mol. The van der Waals surface area contributed by atoms with Gasteiger partial charge in [-0.3, -0.25) is 19.4 Å². The van der Waals surface area contributed by atoms with Crippen LogP contribution in [-0.4, -0.2) is 79.8 Å². The van der Waals surface area contributed by atoms with Crippen LogP contribution in [-0.2, 0) is 27.2 Å². The summed E-state index contributed by atoms with van der Waals surface area (Å²) in [6, 6.07) is 32.3. The summed E-state index contributed by atoms with van der Waals surface area (Å²) in [7, 11) is 3.08. The Labute approximate surface area is 295 Å². The molecule has 10 rings (SSSR count). The highest BCUT2D eigenvalue weighted by Crippen LogP contribution is 2.35. The van der Waals surface area contributed by atoms with Crippen LogP contribution in [0, 0.1) is 11.8 Å². The first-order chi connectivity index (χ1) is 24.4. The van der Waals surface area contributed by atoms with Crippen molar-refractivity contribution in [3.8, 4) is 28.0 Å². The molecule has 6 aliphatic rings. The van der Waals surface area contributed by atoms with E-state index in [1.165, 1.54) is 18.2 Å². The van der Waals surface area contributed by atoms with Crippen LogP contribution in [0.3, 0.4) is 0 Å². The highest BCUT2D eigenvalue weighted by molar-refractivity contribution is 5.92. The average molecular weight is 671 g/mol. The number of rotatable bonds is 8. The van der Waals surface area contributed by atoms with Crippen molar-refractivity contribution >= 4 is 17.5 Å². The number of fused-ring (bicyclic) bond motifs is 6. The lowest BCUT2D eigenvalue weighted by molar-refractivity contribution is -0.137. The van der Waals surface area contributed by atoms with Crippen molar-refractivity contribution < 1.29 is 23.9 Å². The van der Waals surface area contributed by atoms with Crippen LogP contribution in [0.25, 0.3) is 22.3 Å². The molecular formula is C43H46N2O5. The van der Waals surface area contributed by atoms with Gasteiger partial charge in [0.15, 0.2) is 11.6 Å². The van der Waals surface area contributed by atoms with E-state index in [0.29, 0.717) is 23.0 Å². The average Bonchev–Trinajstić information content (AvgIpc) is 3.18. The van der Waals surface area contributed by atoms with Crippen LogP contribution in [0.5, 0.6) is 5.75 Å². The molecule has 6 heterocycles. The standard InChI is InChI=1S/C22H23NO3.C21H23NO2/c1-26-22(25)18-7-4-6-16(13-18)19-8-3-2-5-17(19)14-20-21(24)15-9-11-23(20)12-10-15;1-24-18-7-4-6-16(13-18)19-8-3-2-5-17(19)14-20-21(23)15-9-11-22(20)12-10-15/h2-8,13,15,20H,9-12,14H2,1H3;2-8,13,15,20H,9-12,14H2,1H3. The molecule has 4 bridgehead atoms.